The number of aldehydes is 1. The molecule has 0 heterocycles. The van der Waals surface area contributed by atoms with E-state index in [0.717, 1.165) is 6.29 Å². The van der Waals surface area contributed by atoms with E-state index in [-0.39, 0.29) is 11.5 Å². The molecular formula is C11H13FO3. The Balaban J connectivity index is 3.19. The number of phenolic OH excluding ortho intramolecular Hbond substituents is 1. The van der Waals surface area contributed by atoms with Gasteiger partial charge in [-0.25, -0.2) is 4.39 Å². The summed E-state index contributed by atoms with van der Waals surface area (Å²) in [4.78, 5) is 10.2. The number of benzene rings is 1. The van der Waals surface area contributed by atoms with Gasteiger partial charge in [0.25, 0.3) is 0 Å². The Morgan fingerprint density at radius 1 is 1.60 bits per heavy atom. The number of ether oxygens (including phenoxy) is 1. The van der Waals surface area contributed by atoms with Crippen LogP contribution >= 0.6 is 0 Å². The first kappa shape index (κ1) is 11.5. The summed E-state index contributed by atoms with van der Waals surface area (Å²) in [6.07, 6.45) is 1.44. The largest absolute Gasteiger partial charge is 0.504 e. The summed E-state index contributed by atoms with van der Waals surface area (Å²) in [5, 5.41) is 9.70. The van der Waals surface area contributed by atoms with Gasteiger partial charge in [-0.3, -0.25) is 0 Å². The van der Waals surface area contributed by atoms with Gasteiger partial charge in [-0.1, -0.05) is 0 Å². The highest BCUT2D eigenvalue weighted by Gasteiger charge is 2.15. The fourth-order valence-corrected chi connectivity index (χ4v) is 1.49. The number of aromatic hydroxyl groups is 1. The molecule has 3 nitrogen and oxygen atoms in total. The van der Waals surface area contributed by atoms with Crippen molar-refractivity contribution in [2.45, 2.75) is 19.8 Å². The van der Waals surface area contributed by atoms with Gasteiger partial charge in [-0.2, -0.15) is 0 Å². The van der Waals surface area contributed by atoms with Crippen molar-refractivity contribution in [2.75, 3.05) is 7.11 Å². The van der Waals surface area contributed by atoms with Crippen molar-refractivity contribution in [3.05, 3.63) is 23.0 Å². The number of aryl methyl sites for hydroxylation is 1. The second kappa shape index (κ2) is 4.77. The second-order valence-electron chi connectivity index (χ2n) is 3.24. The molecule has 0 bridgehead atoms. The van der Waals surface area contributed by atoms with Crippen molar-refractivity contribution in [3.8, 4) is 11.5 Å². The van der Waals surface area contributed by atoms with Crippen LogP contribution < -0.4 is 4.74 Å². The summed E-state index contributed by atoms with van der Waals surface area (Å²) in [6.45, 7) is 1.68. The zero-order valence-corrected chi connectivity index (χ0v) is 8.71. The van der Waals surface area contributed by atoms with Crippen LogP contribution in [0.25, 0.3) is 0 Å². The van der Waals surface area contributed by atoms with E-state index in [1.54, 1.807) is 6.92 Å². The first-order chi connectivity index (χ1) is 7.11. The number of halogens is 1. The number of hydrogen-bond acceptors (Lipinski definition) is 3. The van der Waals surface area contributed by atoms with Gasteiger partial charge >= 0.3 is 0 Å². The molecule has 15 heavy (non-hydrogen) atoms. The molecule has 1 rings (SSSR count). The van der Waals surface area contributed by atoms with Gasteiger partial charge in [-0.05, 0) is 25.0 Å². The standard InChI is InChI=1S/C11H13FO3/c1-7-6-9(12)11(15-2)10(14)8(7)4-3-5-13/h5-6,14H,3-4H2,1-2H3. The van der Waals surface area contributed by atoms with Crippen molar-refractivity contribution < 1.29 is 19.0 Å². The van der Waals surface area contributed by atoms with Crippen LogP contribution in [0.4, 0.5) is 4.39 Å². The number of methoxy groups -OCH3 is 1. The van der Waals surface area contributed by atoms with Crippen LogP contribution in [-0.2, 0) is 11.2 Å². The molecule has 0 saturated carbocycles. The predicted molar refractivity (Wildman–Crippen MR) is 53.7 cm³/mol. The lowest BCUT2D eigenvalue weighted by molar-refractivity contribution is -0.107. The van der Waals surface area contributed by atoms with Crippen LogP contribution in [-0.4, -0.2) is 18.5 Å². The highest BCUT2D eigenvalue weighted by Crippen LogP contribution is 2.35. The molecule has 0 aromatic heterocycles. The van der Waals surface area contributed by atoms with Crippen LogP contribution in [0.2, 0.25) is 0 Å². The molecule has 82 valence electrons. The fraction of sp³-hybridized carbons (Fsp3) is 0.364. The minimum atomic E-state index is -0.595. The second-order valence-corrected chi connectivity index (χ2v) is 3.24. The zero-order chi connectivity index (χ0) is 11.4. The third-order valence-electron chi connectivity index (χ3n) is 2.25. The molecule has 0 atom stereocenters. The molecule has 0 fully saturated rings. The molecule has 0 spiro atoms. The van der Waals surface area contributed by atoms with E-state index in [4.69, 9.17) is 4.74 Å². The molecule has 0 amide bonds. The third kappa shape index (κ3) is 2.26. The molecule has 0 unspecified atom stereocenters. The Morgan fingerprint density at radius 3 is 2.80 bits per heavy atom. The van der Waals surface area contributed by atoms with E-state index in [1.807, 2.05) is 0 Å². The monoisotopic (exact) mass is 212 g/mol. The lowest BCUT2D eigenvalue weighted by Crippen LogP contribution is -1.97. The van der Waals surface area contributed by atoms with E-state index in [0.29, 0.717) is 24.0 Å². The Kier molecular flexibility index (Phi) is 3.66. The molecule has 1 aromatic carbocycles. The Bertz CT molecular complexity index is 375. The zero-order valence-electron chi connectivity index (χ0n) is 8.71. The number of rotatable bonds is 4. The molecule has 0 radical (unpaired) electrons. The summed E-state index contributed by atoms with van der Waals surface area (Å²) in [7, 11) is 1.29. The number of carbonyl (C=O) groups is 1. The average Bonchev–Trinajstić information content (AvgIpc) is 2.17. The lowest BCUT2D eigenvalue weighted by Gasteiger charge is -2.11. The molecule has 0 saturated heterocycles. The van der Waals surface area contributed by atoms with Gasteiger partial charge in [0.1, 0.15) is 6.29 Å². The Labute approximate surface area is 87.5 Å². The normalized spacial score (nSPS) is 10.1. The first-order valence-electron chi connectivity index (χ1n) is 4.60. The van der Waals surface area contributed by atoms with E-state index >= 15 is 0 Å². The van der Waals surface area contributed by atoms with E-state index < -0.39 is 5.82 Å². The van der Waals surface area contributed by atoms with Crippen molar-refractivity contribution in [3.63, 3.8) is 0 Å². The van der Waals surface area contributed by atoms with Crippen molar-refractivity contribution in [1.82, 2.24) is 0 Å². The van der Waals surface area contributed by atoms with Crippen molar-refractivity contribution >= 4 is 6.29 Å². The molecule has 1 N–H and O–H groups in total. The van der Waals surface area contributed by atoms with E-state index in [1.165, 1.54) is 13.2 Å². The maximum atomic E-state index is 13.3. The molecule has 0 aliphatic carbocycles. The van der Waals surface area contributed by atoms with Gasteiger partial charge in [0.05, 0.1) is 7.11 Å². The van der Waals surface area contributed by atoms with Crippen LogP contribution in [0.1, 0.15) is 17.5 Å². The Morgan fingerprint density at radius 2 is 2.27 bits per heavy atom. The maximum absolute atomic E-state index is 13.3. The van der Waals surface area contributed by atoms with Crippen molar-refractivity contribution in [2.24, 2.45) is 0 Å². The molecular weight excluding hydrogens is 199 g/mol. The van der Waals surface area contributed by atoms with Gasteiger partial charge in [0.2, 0.25) is 0 Å². The van der Waals surface area contributed by atoms with Crippen LogP contribution in [0.3, 0.4) is 0 Å². The van der Waals surface area contributed by atoms with E-state index in [9.17, 15) is 14.3 Å². The van der Waals surface area contributed by atoms with Crippen LogP contribution in [0.15, 0.2) is 6.07 Å². The van der Waals surface area contributed by atoms with Crippen LogP contribution in [0, 0.1) is 12.7 Å². The highest BCUT2D eigenvalue weighted by atomic mass is 19.1. The van der Waals surface area contributed by atoms with Crippen molar-refractivity contribution in [1.29, 1.82) is 0 Å². The average molecular weight is 212 g/mol. The maximum Gasteiger partial charge on any atom is 0.196 e. The van der Waals surface area contributed by atoms with E-state index in [2.05, 4.69) is 0 Å². The summed E-state index contributed by atoms with van der Waals surface area (Å²) in [5.41, 5.74) is 1.17. The summed E-state index contributed by atoms with van der Waals surface area (Å²) >= 11 is 0. The predicted octanol–water partition coefficient (Wildman–Crippen LogP) is 1.98. The number of hydrogen-bond donors (Lipinski definition) is 1. The van der Waals surface area contributed by atoms with Gasteiger partial charge < -0.3 is 14.6 Å². The minimum Gasteiger partial charge on any atom is -0.504 e. The molecule has 4 heteroatoms. The smallest absolute Gasteiger partial charge is 0.196 e. The molecule has 0 aliphatic rings. The quantitative estimate of drug-likeness (QED) is 0.776. The third-order valence-corrected chi connectivity index (χ3v) is 2.25. The summed E-state index contributed by atoms with van der Waals surface area (Å²) in [5.74, 6) is -0.972. The molecule has 1 aromatic rings. The Hall–Kier alpha value is -1.58. The minimum absolute atomic E-state index is 0.165. The summed E-state index contributed by atoms with van der Waals surface area (Å²) in [6, 6.07) is 1.29. The lowest BCUT2D eigenvalue weighted by atomic mass is 10.0. The van der Waals surface area contributed by atoms with Gasteiger partial charge in [0.15, 0.2) is 17.3 Å². The number of phenols is 1. The first-order valence-corrected chi connectivity index (χ1v) is 4.60. The topological polar surface area (TPSA) is 46.5 Å². The highest BCUT2D eigenvalue weighted by molar-refractivity contribution is 5.54. The van der Waals surface area contributed by atoms with Gasteiger partial charge in [-0.15, -0.1) is 0 Å². The number of carbonyl (C=O) groups excluding carboxylic acids is 1. The SMILES string of the molecule is COc1c(F)cc(C)c(CCC=O)c1O. The van der Waals surface area contributed by atoms with Crippen LogP contribution in [0.5, 0.6) is 11.5 Å². The fourth-order valence-electron chi connectivity index (χ4n) is 1.49. The van der Waals surface area contributed by atoms with Gasteiger partial charge in [0, 0.05) is 12.0 Å². The molecule has 0 aliphatic heterocycles. The summed E-state index contributed by atoms with van der Waals surface area (Å²) < 4.78 is 18.0.